The predicted molar refractivity (Wildman–Crippen MR) is 116 cm³/mol. The van der Waals surface area contributed by atoms with Crippen molar-refractivity contribution in [2.24, 2.45) is 0 Å². The number of halogens is 6. The second-order valence-electron chi connectivity index (χ2n) is 9.45. The summed E-state index contributed by atoms with van der Waals surface area (Å²) in [6.45, 7) is 4.07. The van der Waals surface area contributed by atoms with Gasteiger partial charge < -0.3 is 0 Å². The van der Waals surface area contributed by atoms with Crippen molar-refractivity contribution in [1.82, 2.24) is 4.90 Å². The highest BCUT2D eigenvalue weighted by Gasteiger charge is 2.67. The molecule has 33 heavy (non-hydrogen) atoms. The molecule has 2 aliphatic carbocycles. The topological polar surface area (TPSA) is 3.24 Å². The summed E-state index contributed by atoms with van der Waals surface area (Å²) in [5.74, 6) is 0. The van der Waals surface area contributed by atoms with Crippen LogP contribution in [-0.2, 0) is 23.8 Å². The van der Waals surface area contributed by atoms with Crippen molar-refractivity contribution in [3.8, 4) is 0 Å². The van der Waals surface area contributed by atoms with E-state index in [0.717, 1.165) is 12.1 Å². The SMILES string of the molecule is CCN(CCCc1c(C2(C(F)(F)F)CC2)cccc1C1(C(F)(F)F)CC1)Cc1ccccc1. The highest BCUT2D eigenvalue weighted by atomic mass is 19.4. The van der Waals surface area contributed by atoms with Gasteiger partial charge in [-0.2, -0.15) is 26.3 Å². The summed E-state index contributed by atoms with van der Waals surface area (Å²) >= 11 is 0. The van der Waals surface area contributed by atoms with Crippen LogP contribution >= 0.6 is 0 Å². The van der Waals surface area contributed by atoms with Crippen molar-refractivity contribution in [2.75, 3.05) is 13.1 Å². The van der Waals surface area contributed by atoms with Crippen LogP contribution in [0, 0.1) is 0 Å². The summed E-state index contributed by atoms with van der Waals surface area (Å²) in [6.07, 6.45) is -8.42. The van der Waals surface area contributed by atoms with Crippen LogP contribution in [0.15, 0.2) is 48.5 Å². The minimum absolute atomic E-state index is 0.0545. The van der Waals surface area contributed by atoms with Gasteiger partial charge in [-0.3, -0.25) is 4.90 Å². The third-order valence-corrected chi connectivity index (χ3v) is 7.39. The van der Waals surface area contributed by atoms with E-state index in [1.807, 2.05) is 37.3 Å². The largest absolute Gasteiger partial charge is 0.398 e. The van der Waals surface area contributed by atoms with Crippen LogP contribution in [0.25, 0.3) is 0 Å². The maximum atomic E-state index is 14.0. The van der Waals surface area contributed by atoms with Crippen molar-refractivity contribution < 1.29 is 26.3 Å². The van der Waals surface area contributed by atoms with Gasteiger partial charge in [0.1, 0.15) is 0 Å². The van der Waals surface area contributed by atoms with Gasteiger partial charge in [-0.1, -0.05) is 55.5 Å². The molecule has 0 aliphatic heterocycles. The molecule has 0 heterocycles. The van der Waals surface area contributed by atoms with Crippen molar-refractivity contribution in [2.45, 2.75) is 75.2 Å². The van der Waals surface area contributed by atoms with Crippen molar-refractivity contribution in [1.29, 1.82) is 0 Å². The first kappa shape index (κ1) is 24.1. The van der Waals surface area contributed by atoms with E-state index in [0.29, 0.717) is 19.5 Å². The Bertz CT molecular complexity index is 907. The third-order valence-electron chi connectivity index (χ3n) is 7.39. The van der Waals surface area contributed by atoms with Crippen LogP contribution in [0.3, 0.4) is 0 Å². The summed E-state index contributed by atoms with van der Waals surface area (Å²) in [5, 5.41) is 0. The Labute approximate surface area is 190 Å². The van der Waals surface area contributed by atoms with E-state index < -0.39 is 23.2 Å². The van der Waals surface area contributed by atoms with Gasteiger partial charge in [0.05, 0.1) is 10.8 Å². The zero-order chi connectivity index (χ0) is 23.9. The number of nitrogens with zero attached hydrogens (tertiary/aromatic N) is 1. The van der Waals surface area contributed by atoms with E-state index in [1.165, 1.54) is 18.2 Å². The molecule has 0 atom stereocenters. The number of hydrogen-bond donors (Lipinski definition) is 0. The molecule has 0 bridgehead atoms. The lowest BCUT2D eigenvalue weighted by molar-refractivity contribution is -0.161. The van der Waals surface area contributed by atoms with Gasteiger partial charge in [0.25, 0.3) is 0 Å². The maximum Gasteiger partial charge on any atom is 0.398 e. The van der Waals surface area contributed by atoms with Gasteiger partial charge in [-0.25, -0.2) is 0 Å². The van der Waals surface area contributed by atoms with Gasteiger partial charge in [0, 0.05) is 6.54 Å². The molecule has 2 aromatic carbocycles. The van der Waals surface area contributed by atoms with E-state index >= 15 is 0 Å². The standard InChI is InChI=1S/C26H29F6N/c1-2-33(18-19-8-4-3-5-9-19)17-7-10-20-21(23(13-14-23)25(27,28)29)11-6-12-22(20)24(15-16-24)26(30,31)32/h3-6,8-9,11-12H,2,7,10,13-18H2,1H3. The van der Waals surface area contributed by atoms with E-state index in [-0.39, 0.29) is 48.8 Å². The highest BCUT2D eigenvalue weighted by Crippen LogP contribution is 2.63. The Balaban J connectivity index is 1.61. The average Bonchev–Trinajstić information content (AvgIpc) is 3.66. The van der Waals surface area contributed by atoms with Crippen molar-refractivity contribution in [3.63, 3.8) is 0 Å². The molecule has 0 aromatic heterocycles. The van der Waals surface area contributed by atoms with E-state index in [2.05, 4.69) is 4.90 Å². The Morgan fingerprint density at radius 1 is 0.758 bits per heavy atom. The molecule has 2 fully saturated rings. The van der Waals surface area contributed by atoms with Crippen LogP contribution in [0.2, 0.25) is 0 Å². The van der Waals surface area contributed by atoms with E-state index in [1.54, 1.807) is 0 Å². The van der Waals surface area contributed by atoms with Gasteiger partial charge in [0.15, 0.2) is 0 Å². The number of rotatable bonds is 9. The number of benzene rings is 2. The fourth-order valence-electron chi connectivity index (χ4n) is 5.08. The summed E-state index contributed by atoms with van der Waals surface area (Å²) in [7, 11) is 0. The zero-order valence-corrected chi connectivity index (χ0v) is 18.7. The summed E-state index contributed by atoms with van der Waals surface area (Å²) < 4.78 is 83.7. The molecule has 0 radical (unpaired) electrons. The minimum Gasteiger partial charge on any atom is -0.299 e. The molecule has 2 aromatic rings. The molecule has 2 saturated carbocycles. The molecule has 1 nitrogen and oxygen atoms in total. The lowest BCUT2D eigenvalue weighted by atomic mass is 9.81. The normalized spacial score (nSPS) is 19.0. The molecular formula is C26H29F6N. The first-order valence-corrected chi connectivity index (χ1v) is 11.6. The Morgan fingerprint density at radius 3 is 1.70 bits per heavy atom. The van der Waals surface area contributed by atoms with Crippen molar-refractivity contribution in [3.05, 3.63) is 70.8 Å². The molecule has 0 spiro atoms. The molecule has 180 valence electrons. The molecule has 0 amide bonds. The van der Waals surface area contributed by atoms with Crippen LogP contribution in [-0.4, -0.2) is 30.3 Å². The van der Waals surface area contributed by atoms with Crippen LogP contribution < -0.4 is 0 Å². The first-order valence-electron chi connectivity index (χ1n) is 11.6. The fraction of sp³-hybridized carbons (Fsp3) is 0.538. The van der Waals surface area contributed by atoms with Gasteiger partial charge >= 0.3 is 12.4 Å². The lowest BCUT2D eigenvalue weighted by Crippen LogP contribution is -2.34. The molecule has 0 unspecified atom stereocenters. The van der Waals surface area contributed by atoms with Gasteiger partial charge in [0.2, 0.25) is 0 Å². The molecule has 2 aliphatic rings. The zero-order valence-electron chi connectivity index (χ0n) is 18.7. The smallest absolute Gasteiger partial charge is 0.299 e. The summed E-state index contributed by atoms with van der Waals surface area (Å²) in [5.41, 5.74) is -2.45. The summed E-state index contributed by atoms with van der Waals surface area (Å²) in [4.78, 5) is 2.17. The quantitative estimate of drug-likeness (QED) is 0.348. The van der Waals surface area contributed by atoms with Crippen LogP contribution in [0.1, 0.15) is 61.3 Å². The lowest BCUT2D eigenvalue weighted by Gasteiger charge is -2.29. The van der Waals surface area contributed by atoms with E-state index in [4.69, 9.17) is 0 Å². The Kier molecular flexibility index (Phi) is 6.31. The number of hydrogen-bond acceptors (Lipinski definition) is 1. The van der Waals surface area contributed by atoms with Crippen molar-refractivity contribution >= 4 is 0 Å². The number of alkyl halides is 6. The molecular weight excluding hydrogens is 440 g/mol. The minimum atomic E-state index is -4.46. The molecule has 0 saturated heterocycles. The second-order valence-corrected chi connectivity index (χ2v) is 9.45. The second kappa shape index (κ2) is 8.64. The maximum absolute atomic E-state index is 14.0. The van der Waals surface area contributed by atoms with Crippen LogP contribution in [0.5, 0.6) is 0 Å². The molecule has 7 heteroatoms. The summed E-state index contributed by atoms with van der Waals surface area (Å²) in [6, 6.07) is 14.1. The van der Waals surface area contributed by atoms with Crippen LogP contribution in [0.4, 0.5) is 26.3 Å². The molecule has 4 rings (SSSR count). The third kappa shape index (κ3) is 4.53. The fourth-order valence-corrected chi connectivity index (χ4v) is 5.08. The highest BCUT2D eigenvalue weighted by molar-refractivity contribution is 5.50. The Morgan fingerprint density at radius 2 is 1.27 bits per heavy atom. The Hall–Kier alpha value is -2.02. The van der Waals surface area contributed by atoms with E-state index in [9.17, 15) is 26.3 Å². The average molecular weight is 470 g/mol. The van der Waals surface area contributed by atoms with Gasteiger partial charge in [-0.15, -0.1) is 0 Å². The monoisotopic (exact) mass is 469 g/mol. The van der Waals surface area contributed by atoms with Gasteiger partial charge in [-0.05, 0) is 73.9 Å². The first-order chi connectivity index (χ1) is 15.5. The predicted octanol–water partition coefficient (Wildman–Crippen LogP) is 7.33. The molecule has 0 N–H and O–H groups in total.